The highest BCUT2D eigenvalue weighted by Crippen LogP contribution is 2.61. The van der Waals surface area contributed by atoms with Crippen molar-refractivity contribution >= 4 is 5.91 Å². The van der Waals surface area contributed by atoms with Gasteiger partial charge in [0.1, 0.15) is 5.75 Å². The first-order valence-corrected chi connectivity index (χ1v) is 11.5. The molecule has 29 heavy (non-hydrogen) atoms. The number of hydrogen-bond donors (Lipinski definition) is 2. The second-order valence-corrected chi connectivity index (χ2v) is 11.1. The molecule has 0 radical (unpaired) electrons. The quantitative estimate of drug-likeness (QED) is 0.701. The van der Waals surface area contributed by atoms with E-state index in [1.165, 1.54) is 44.1 Å². The molecule has 0 unspecified atom stereocenters. The van der Waals surface area contributed by atoms with Crippen LogP contribution in [0.15, 0.2) is 24.3 Å². The molecule has 0 aliphatic heterocycles. The molecule has 4 nitrogen and oxygen atoms in total. The summed E-state index contributed by atoms with van der Waals surface area (Å²) < 4.78 is 5.63. The molecule has 4 aliphatic rings. The van der Waals surface area contributed by atoms with Crippen LogP contribution >= 0.6 is 0 Å². The molecule has 4 saturated carbocycles. The van der Waals surface area contributed by atoms with E-state index in [9.17, 15) is 4.79 Å². The lowest BCUT2D eigenvalue weighted by atomic mass is 9.48. The Balaban J connectivity index is 1.26. The Labute approximate surface area is 176 Å². The Morgan fingerprint density at radius 2 is 1.62 bits per heavy atom. The molecule has 1 aromatic carbocycles. The summed E-state index contributed by atoms with van der Waals surface area (Å²) in [6.45, 7) is 9.27. The van der Waals surface area contributed by atoms with Crippen molar-refractivity contribution in [2.45, 2.75) is 84.3 Å². The molecule has 5 rings (SSSR count). The smallest absolute Gasteiger partial charge is 0.258 e. The highest BCUT2D eigenvalue weighted by Gasteiger charge is 2.52. The molecule has 4 heteroatoms. The van der Waals surface area contributed by atoms with Gasteiger partial charge in [-0.2, -0.15) is 0 Å². The topological polar surface area (TPSA) is 50.4 Å². The van der Waals surface area contributed by atoms with E-state index in [0.29, 0.717) is 11.5 Å². The normalized spacial score (nSPS) is 31.5. The minimum atomic E-state index is -0.233. The minimum absolute atomic E-state index is 0.0535. The zero-order valence-corrected chi connectivity index (χ0v) is 18.6. The number of hydrogen-bond acceptors (Lipinski definition) is 3. The lowest BCUT2D eigenvalue weighted by Crippen LogP contribution is -2.54. The summed E-state index contributed by atoms with van der Waals surface area (Å²) in [5.74, 6) is 3.65. The molecule has 1 aromatic rings. The molecule has 0 heterocycles. The number of amides is 1. The fourth-order valence-electron chi connectivity index (χ4n) is 6.50. The van der Waals surface area contributed by atoms with Crippen LogP contribution in [0.2, 0.25) is 0 Å². The standard InChI is InChI=1S/C25H38N2O2/c1-17(25-12-19-9-20(13-25)11-21(10-19)14-25)26-15-18-5-7-22(8-6-18)29-16-23(28)27-24(2,3)4/h5-8,17,19-21,26H,9-16H2,1-4H3,(H,27,28)/t17-,19?,20?,21?,25?/m0/s1. The average molecular weight is 399 g/mol. The first-order valence-electron chi connectivity index (χ1n) is 11.5. The molecule has 4 fully saturated rings. The Morgan fingerprint density at radius 1 is 1.07 bits per heavy atom. The molecule has 1 atom stereocenters. The average Bonchev–Trinajstić information content (AvgIpc) is 2.63. The summed E-state index contributed by atoms with van der Waals surface area (Å²) >= 11 is 0. The van der Waals surface area contributed by atoms with Gasteiger partial charge in [0.25, 0.3) is 5.91 Å². The third-order valence-electron chi connectivity index (χ3n) is 7.42. The molecule has 2 N–H and O–H groups in total. The fourth-order valence-corrected chi connectivity index (χ4v) is 6.50. The van der Waals surface area contributed by atoms with Crippen LogP contribution < -0.4 is 15.4 Å². The zero-order chi connectivity index (χ0) is 20.6. The fraction of sp³-hybridized carbons (Fsp3) is 0.720. The summed E-state index contributed by atoms with van der Waals surface area (Å²) in [5, 5.41) is 6.76. The van der Waals surface area contributed by atoms with Gasteiger partial charge in [0.05, 0.1) is 0 Å². The number of carbonyl (C=O) groups is 1. The summed E-state index contributed by atoms with van der Waals surface area (Å²) in [6.07, 6.45) is 8.83. The van der Waals surface area contributed by atoms with Crippen LogP contribution in [0.3, 0.4) is 0 Å². The van der Waals surface area contributed by atoms with E-state index in [-0.39, 0.29) is 18.1 Å². The second-order valence-electron chi connectivity index (χ2n) is 11.1. The number of benzene rings is 1. The van der Waals surface area contributed by atoms with Crippen LogP contribution in [0.1, 0.15) is 71.8 Å². The van der Waals surface area contributed by atoms with Gasteiger partial charge >= 0.3 is 0 Å². The second kappa shape index (κ2) is 7.94. The van der Waals surface area contributed by atoms with E-state index >= 15 is 0 Å². The molecule has 0 spiro atoms. The van der Waals surface area contributed by atoms with Gasteiger partial charge in [-0.15, -0.1) is 0 Å². The lowest BCUT2D eigenvalue weighted by molar-refractivity contribution is -0.124. The highest BCUT2D eigenvalue weighted by atomic mass is 16.5. The Morgan fingerprint density at radius 3 is 2.14 bits per heavy atom. The van der Waals surface area contributed by atoms with E-state index in [0.717, 1.165) is 30.0 Å². The van der Waals surface area contributed by atoms with Crippen molar-refractivity contribution in [3.8, 4) is 5.75 Å². The Kier molecular flexibility index (Phi) is 5.67. The molecule has 4 bridgehead atoms. The van der Waals surface area contributed by atoms with Crippen LogP contribution in [0.25, 0.3) is 0 Å². The maximum atomic E-state index is 11.9. The van der Waals surface area contributed by atoms with Crippen molar-refractivity contribution in [3.63, 3.8) is 0 Å². The van der Waals surface area contributed by atoms with Gasteiger partial charge in [0.2, 0.25) is 0 Å². The van der Waals surface area contributed by atoms with Crippen molar-refractivity contribution in [2.24, 2.45) is 23.2 Å². The maximum absolute atomic E-state index is 11.9. The van der Waals surface area contributed by atoms with E-state index in [1.54, 1.807) is 0 Å². The SMILES string of the molecule is C[C@H](NCc1ccc(OCC(=O)NC(C)(C)C)cc1)C12CC3CC(CC(C3)C1)C2. The number of ether oxygens (including phenoxy) is 1. The van der Waals surface area contributed by atoms with E-state index in [1.807, 2.05) is 32.9 Å². The molecule has 0 saturated heterocycles. The van der Waals surface area contributed by atoms with Gasteiger partial charge in [0, 0.05) is 18.1 Å². The van der Waals surface area contributed by atoms with Gasteiger partial charge in [-0.3, -0.25) is 4.79 Å². The molecule has 4 aliphatic carbocycles. The van der Waals surface area contributed by atoms with Gasteiger partial charge < -0.3 is 15.4 Å². The van der Waals surface area contributed by atoms with Crippen molar-refractivity contribution in [1.29, 1.82) is 0 Å². The number of rotatable bonds is 7. The maximum Gasteiger partial charge on any atom is 0.258 e. The predicted octanol–water partition coefficient (Wildman–Crippen LogP) is 4.67. The van der Waals surface area contributed by atoms with Crippen LogP contribution in [-0.2, 0) is 11.3 Å². The van der Waals surface area contributed by atoms with E-state index < -0.39 is 0 Å². The van der Waals surface area contributed by atoms with Gasteiger partial charge in [-0.05, 0) is 107 Å². The summed E-state index contributed by atoms with van der Waals surface area (Å²) in [7, 11) is 0. The summed E-state index contributed by atoms with van der Waals surface area (Å²) in [4.78, 5) is 11.9. The molecule has 160 valence electrons. The zero-order valence-electron chi connectivity index (χ0n) is 18.6. The van der Waals surface area contributed by atoms with Gasteiger partial charge in [0.15, 0.2) is 6.61 Å². The molecular formula is C25H38N2O2. The first kappa shape index (κ1) is 20.7. The van der Waals surface area contributed by atoms with Crippen molar-refractivity contribution < 1.29 is 9.53 Å². The molecule has 1 amide bonds. The highest BCUT2D eigenvalue weighted by molar-refractivity contribution is 5.78. The van der Waals surface area contributed by atoms with E-state index in [2.05, 4.69) is 29.7 Å². The summed E-state index contributed by atoms with van der Waals surface area (Å²) in [5.41, 5.74) is 1.58. The Bertz CT molecular complexity index is 684. The van der Waals surface area contributed by atoms with Crippen LogP contribution in [-0.4, -0.2) is 24.1 Å². The van der Waals surface area contributed by atoms with Crippen LogP contribution in [0.5, 0.6) is 5.75 Å². The van der Waals surface area contributed by atoms with Gasteiger partial charge in [-0.25, -0.2) is 0 Å². The van der Waals surface area contributed by atoms with Crippen LogP contribution in [0, 0.1) is 23.2 Å². The number of nitrogens with one attached hydrogen (secondary N) is 2. The minimum Gasteiger partial charge on any atom is -0.484 e. The van der Waals surface area contributed by atoms with Gasteiger partial charge in [-0.1, -0.05) is 12.1 Å². The van der Waals surface area contributed by atoms with Crippen molar-refractivity contribution in [1.82, 2.24) is 10.6 Å². The van der Waals surface area contributed by atoms with E-state index in [4.69, 9.17) is 4.74 Å². The molecule has 0 aromatic heterocycles. The van der Waals surface area contributed by atoms with Crippen LogP contribution in [0.4, 0.5) is 0 Å². The Hall–Kier alpha value is -1.55. The first-order chi connectivity index (χ1) is 13.7. The monoisotopic (exact) mass is 398 g/mol. The number of carbonyl (C=O) groups excluding carboxylic acids is 1. The van der Waals surface area contributed by atoms with Crippen molar-refractivity contribution in [2.75, 3.05) is 6.61 Å². The third-order valence-corrected chi connectivity index (χ3v) is 7.42. The largest absolute Gasteiger partial charge is 0.484 e. The molecular weight excluding hydrogens is 360 g/mol. The summed E-state index contributed by atoms with van der Waals surface area (Å²) in [6, 6.07) is 8.73. The third kappa shape index (κ3) is 4.96. The predicted molar refractivity (Wildman–Crippen MR) is 117 cm³/mol. The lowest BCUT2D eigenvalue weighted by Gasteiger charge is -2.59. The van der Waals surface area contributed by atoms with Crippen molar-refractivity contribution in [3.05, 3.63) is 29.8 Å².